The number of hydrogen-bond acceptors (Lipinski definition) is 5. The van der Waals surface area contributed by atoms with Crippen LogP contribution in [0.4, 0.5) is 11.4 Å². The minimum Gasteiger partial charge on any atom is -0.481 e. The summed E-state index contributed by atoms with van der Waals surface area (Å²) in [6.07, 6.45) is 3.69. The van der Waals surface area contributed by atoms with Crippen LogP contribution in [0.1, 0.15) is 31.4 Å². The van der Waals surface area contributed by atoms with Gasteiger partial charge in [0.05, 0.1) is 16.8 Å². The number of non-ortho nitro benzene ring substituents is 1. The fourth-order valence-corrected chi connectivity index (χ4v) is 4.20. The Kier molecular flexibility index (Phi) is 3.92. The average Bonchev–Trinajstić information content (AvgIpc) is 2.84. The number of ether oxygens (including phenoxy) is 1. The van der Waals surface area contributed by atoms with Gasteiger partial charge >= 0.3 is 5.97 Å². The largest absolute Gasteiger partial charge is 0.481 e. The van der Waals surface area contributed by atoms with E-state index in [1.165, 1.54) is 12.1 Å². The highest BCUT2D eigenvalue weighted by Crippen LogP contribution is 2.55. The number of rotatable bonds is 4. The molecular formula is C21H20N2O5. The molecule has 0 aromatic heterocycles. The average molecular weight is 380 g/mol. The molecule has 2 heterocycles. The fourth-order valence-electron chi connectivity index (χ4n) is 4.20. The van der Waals surface area contributed by atoms with Gasteiger partial charge in [0.15, 0.2) is 0 Å². The Morgan fingerprint density at radius 2 is 2.00 bits per heavy atom. The lowest BCUT2D eigenvalue weighted by Crippen LogP contribution is -2.59. The molecule has 0 amide bonds. The molecule has 1 spiro atoms. The van der Waals surface area contributed by atoms with E-state index in [-0.39, 0.29) is 18.7 Å². The van der Waals surface area contributed by atoms with Crippen LogP contribution >= 0.6 is 0 Å². The Balaban J connectivity index is 1.83. The first-order chi connectivity index (χ1) is 13.3. The van der Waals surface area contributed by atoms with E-state index in [4.69, 9.17) is 4.74 Å². The first-order valence-corrected chi connectivity index (χ1v) is 9.02. The first-order valence-electron chi connectivity index (χ1n) is 9.02. The van der Waals surface area contributed by atoms with E-state index in [0.29, 0.717) is 11.3 Å². The van der Waals surface area contributed by atoms with E-state index < -0.39 is 22.0 Å². The summed E-state index contributed by atoms with van der Waals surface area (Å²) in [6, 6.07) is 12.4. The molecule has 2 aliphatic rings. The molecule has 0 aliphatic carbocycles. The van der Waals surface area contributed by atoms with Gasteiger partial charge in [0, 0.05) is 29.9 Å². The maximum Gasteiger partial charge on any atom is 0.305 e. The molecule has 0 saturated heterocycles. The van der Waals surface area contributed by atoms with Gasteiger partial charge < -0.3 is 14.7 Å². The van der Waals surface area contributed by atoms with Crippen molar-refractivity contribution in [3.05, 3.63) is 69.8 Å². The van der Waals surface area contributed by atoms with E-state index in [1.807, 2.05) is 41.3 Å². The van der Waals surface area contributed by atoms with Crippen molar-refractivity contribution >= 4 is 23.4 Å². The SMILES string of the molecule is CC1(C)c2ccccc2N(CCC(=O)O)C12C=Cc1cc([N+](=O)[O-])ccc1O2. The minimum absolute atomic E-state index is 0.000323. The van der Waals surface area contributed by atoms with Gasteiger partial charge in [-0.05, 0) is 43.7 Å². The molecule has 1 unspecified atom stereocenters. The van der Waals surface area contributed by atoms with Crippen molar-refractivity contribution in [2.45, 2.75) is 31.4 Å². The van der Waals surface area contributed by atoms with Crippen LogP contribution in [0, 0.1) is 10.1 Å². The third-order valence-electron chi connectivity index (χ3n) is 5.67. The van der Waals surface area contributed by atoms with Crippen molar-refractivity contribution in [3.63, 3.8) is 0 Å². The van der Waals surface area contributed by atoms with Crippen molar-refractivity contribution in [1.82, 2.24) is 0 Å². The molecule has 7 heteroatoms. The van der Waals surface area contributed by atoms with Crippen LogP contribution in [0.5, 0.6) is 5.75 Å². The number of carbonyl (C=O) groups is 1. The zero-order chi connectivity index (χ0) is 20.1. The zero-order valence-corrected chi connectivity index (χ0v) is 15.6. The summed E-state index contributed by atoms with van der Waals surface area (Å²) in [5.41, 5.74) is 1.23. The standard InChI is InChI=1S/C21H20N2O5/c1-20(2)16-5-3-4-6-17(16)22(12-10-19(24)25)21(20)11-9-14-13-15(23(26)27)7-8-18(14)28-21/h3-9,11,13H,10,12H2,1-2H3,(H,24,25). The van der Waals surface area contributed by atoms with Crippen molar-refractivity contribution in [2.24, 2.45) is 0 Å². The number of fused-ring (bicyclic) bond motifs is 2. The van der Waals surface area contributed by atoms with E-state index in [0.717, 1.165) is 11.3 Å². The van der Waals surface area contributed by atoms with Crippen LogP contribution in [-0.2, 0) is 10.2 Å². The van der Waals surface area contributed by atoms with Gasteiger partial charge in [0.2, 0.25) is 5.72 Å². The molecule has 0 radical (unpaired) electrons. The van der Waals surface area contributed by atoms with Gasteiger partial charge in [-0.15, -0.1) is 0 Å². The topological polar surface area (TPSA) is 92.9 Å². The summed E-state index contributed by atoms with van der Waals surface area (Å²) in [6.45, 7) is 4.41. The molecule has 2 aliphatic heterocycles. The second-order valence-electron chi connectivity index (χ2n) is 7.55. The Hall–Kier alpha value is -3.35. The summed E-state index contributed by atoms with van der Waals surface area (Å²) in [4.78, 5) is 23.9. The Bertz CT molecular complexity index is 1010. The molecule has 2 aromatic carbocycles. The maximum absolute atomic E-state index is 11.3. The first kappa shape index (κ1) is 18.0. The van der Waals surface area contributed by atoms with Crippen molar-refractivity contribution in [3.8, 4) is 5.75 Å². The molecule has 1 N–H and O–H groups in total. The number of nitro groups is 1. The molecule has 0 bridgehead atoms. The number of carboxylic acids is 1. The van der Waals surface area contributed by atoms with Crippen molar-refractivity contribution in [2.75, 3.05) is 11.4 Å². The smallest absolute Gasteiger partial charge is 0.305 e. The third-order valence-corrected chi connectivity index (χ3v) is 5.67. The lowest BCUT2D eigenvalue weighted by Gasteiger charge is -2.47. The number of hydrogen-bond donors (Lipinski definition) is 1. The van der Waals surface area contributed by atoms with Crippen LogP contribution in [0.15, 0.2) is 48.5 Å². The number of benzene rings is 2. The molecule has 0 saturated carbocycles. The normalized spacial score (nSPS) is 21.1. The molecular weight excluding hydrogens is 360 g/mol. The van der Waals surface area contributed by atoms with Crippen LogP contribution in [0.3, 0.4) is 0 Å². The zero-order valence-electron chi connectivity index (χ0n) is 15.6. The summed E-state index contributed by atoms with van der Waals surface area (Å²) >= 11 is 0. The predicted octanol–water partition coefficient (Wildman–Crippen LogP) is 3.97. The van der Waals surface area contributed by atoms with Crippen LogP contribution in [-0.4, -0.2) is 28.3 Å². The highest BCUT2D eigenvalue weighted by atomic mass is 16.6. The molecule has 0 fully saturated rings. The number of anilines is 1. The number of para-hydroxylation sites is 1. The quantitative estimate of drug-likeness (QED) is 0.637. The second-order valence-corrected chi connectivity index (χ2v) is 7.55. The van der Waals surface area contributed by atoms with Gasteiger partial charge in [-0.1, -0.05) is 18.2 Å². The Morgan fingerprint density at radius 3 is 2.71 bits per heavy atom. The fraction of sp³-hybridized carbons (Fsp3) is 0.286. The predicted molar refractivity (Wildman–Crippen MR) is 105 cm³/mol. The van der Waals surface area contributed by atoms with E-state index in [2.05, 4.69) is 13.8 Å². The Morgan fingerprint density at radius 1 is 1.25 bits per heavy atom. The van der Waals surface area contributed by atoms with Gasteiger partial charge in [0.25, 0.3) is 5.69 Å². The van der Waals surface area contributed by atoms with Crippen molar-refractivity contribution < 1.29 is 19.6 Å². The van der Waals surface area contributed by atoms with Crippen LogP contribution in [0.2, 0.25) is 0 Å². The van der Waals surface area contributed by atoms with Gasteiger partial charge in [-0.3, -0.25) is 14.9 Å². The number of aliphatic carboxylic acids is 1. The number of nitrogens with zero attached hydrogens (tertiary/aromatic N) is 2. The Labute approximate surface area is 162 Å². The molecule has 1 atom stereocenters. The molecule has 144 valence electrons. The van der Waals surface area contributed by atoms with Crippen molar-refractivity contribution in [1.29, 1.82) is 0 Å². The van der Waals surface area contributed by atoms with E-state index in [9.17, 15) is 20.0 Å². The van der Waals surface area contributed by atoms with E-state index in [1.54, 1.807) is 6.07 Å². The number of nitro benzene ring substituents is 1. The summed E-state index contributed by atoms with van der Waals surface area (Å²) in [7, 11) is 0. The highest BCUT2D eigenvalue weighted by Gasteiger charge is 2.58. The third kappa shape index (κ3) is 2.46. The molecule has 28 heavy (non-hydrogen) atoms. The molecule has 7 nitrogen and oxygen atoms in total. The highest BCUT2D eigenvalue weighted by molar-refractivity contribution is 5.74. The van der Waals surface area contributed by atoms with Gasteiger partial charge in [0.1, 0.15) is 5.75 Å². The van der Waals surface area contributed by atoms with Crippen LogP contribution in [0.25, 0.3) is 6.08 Å². The summed E-state index contributed by atoms with van der Waals surface area (Å²) < 4.78 is 6.48. The van der Waals surface area contributed by atoms with Gasteiger partial charge in [-0.2, -0.15) is 0 Å². The lowest BCUT2D eigenvalue weighted by molar-refractivity contribution is -0.384. The second kappa shape index (κ2) is 6.09. The molecule has 4 rings (SSSR count). The van der Waals surface area contributed by atoms with Crippen LogP contribution < -0.4 is 9.64 Å². The van der Waals surface area contributed by atoms with E-state index >= 15 is 0 Å². The summed E-state index contributed by atoms with van der Waals surface area (Å²) in [5.74, 6) is -0.345. The minimum atomic E-state index is -0.921. The lowest BCUT2D eigenvalue weighted by atomic mass is 9.76. The van der Waals surface area contributed by atoms with Gasteiger partial charge in [-0.25, -0.2) is 0 Å². The maximum atomic E-state index is 11.3. The monoisotopic (exact) mass is 380 g/mol. The molecule has 2 aromatic rings. The number of carboxylic acid groups (broad SMARTS) is 1. The summed E-state index contributed by atoms with van der Waals surface area (Å²) in [5, 5.41) is 20.3.